The molecule has 1 aliphatic carbocycles. The normalized spacial score (nSPS) is 16.5. The van der Waals surface area contributed by atoms with E-state index in [1.807, 2.05) is 6.92 Å². The summed E-state index contributed by atoms with van der Waals surface area (Å²) in [6, 6.07) is 3.48. The lowest BCUT2D eigenvalue weighted by Crippen LogP contribution is -2.33. The first-order valence-corrected chi connectivity index (χ1v) is 7.21. The molecule has 0 unspecified atom stereocenters. The molecule has 0 spiro atoms. The number of methoxy groups -OCH3 is 2. The standard InChI is InChI=1S/C16H22O5/c1-4-21-14-9-11(12(19-2)10-13(14)20-3)16(15(17)18)7-5-6-8-16/h9-10H,4-8H2,1-3H3,(H,17,18). The summed E-state index contributed by atoms with van der Waals surface area (Å²) in [5, 5.41) is 9.76. The maximum Gasteiger partial charge on any atom is 0.314 e. The van der Waals surface area contributed by atoms with E-state index in [2.05, 4.69) is 0 Å². The van der Waals surface area contributed by atoms with Crippen LogP contribution in [0, 0.1) is 0 Å². The second-order valence-corrected chi connectivity index (χ2v) is 5.23. The van der Waals surface area contributed by atoms with Crippen molar-refractivity contribution in [3.05, 3.63) is 17.7 Å². The molecule has 0 heterocycles. The fourth-order valence-electron chi connectivity index (χ4n) is 3.09. The minimum atomic E-state index is -0.885. The number of carboxylic acid groups (broad SMARTS) is 1. The zero-order valence-corrected chi connectivity index (χ0v) is 12.8. The van der Waals surface area contributed by atoms with Crippen molar-refractivity contribution in [3.63, 3.8) is 0 Å². The van der Waals surface area contributed by atoms with Gasteiger partial charge in [-0.3, -0.25) is 4.79 Å². The predicted octanol–water partition coefficient (Wildman–Crippen LogP) is 3.00. The lowest BCUT2D eigenvalue weighted by molar-refractivity contribution is -0.143. The highest BCUT2D eigenvalue weighted by molar-refractivity contribution is 5.83. The van der Waals surface area contributed by atoms with Crippen molar-refractivity contribution in [3.8, 4) is 17.2 Å². The van der Waals surface area contributed by atoms with Crippen LogP contribution in [-0.2, 0) is 10.2 Å². The molecule has 1 aromatic carbocycles. The lowest BCUT2D eigenvalue weighted by atomic mass is 9.78. The summed E-state index contributed by atoms with van der Waals surface area (Å²) in [6.45, 7) is 2.37. The summed E-state index contributed by atoms with van der Waals surface area (Å²) in [5.41, 5.74) is -0.206. The van der Waals surface area contributed by atoms with Crippen LogP contribution >= 0.6 is 0 Å². The Morgan fingerprint density at radius 3 is 2.24 bits per heavy atom. The first kappa shape index (κ1) is 15.5. The van der Waals surface area contributed by atoms with Crippen LogP contribution in [0.15, 0.2) is 12.1 Å². The maximum absolute atomic E-state index is 11.9. The minimum absolute atomic E-state index is 0.488. The molecule has 1 fully saturated rings. The molecule has 0 bridgehead atoms. The summed E-state index contributed by atoms with van der Waals surface area (Å²) < 4.78 is 16.3. The molecule has 5 nitrogen and oxygen atoms in total. The largest absolute Gasteiger partial charge is 0.496 e. The highest BCUT2D eigenvalue weighted by Gasteiger charge is 2.45. The molecule has 1 saturated carbocycles. The van der Waals surface area contributed by atoms with Crippen molar-refractivity contribution in [1.29, 1.82) is 0 Å². The molecule has 0 saturated heterocycles. The third kappa shape index (κ3) is 2.64. The second kappa shape index (κ2) is 6.24. The van der Waals surface area contributed by atoms with E-state index in [4.69, 9.17) is 14.2 Å². The van der Waals surface area contributed by atoms with Crippen molar-refractivity contribution in [2.75, 3.05) is 20.8 Å². The van der Waals surface area contributed by atoms with Crippen LogP contribution in [0.1, 0.15) is 38.2 Å². The molecule has 116 valence electrons. The van der Waals surface area contributed by atoms with Crippen LogP contribution in [0.3, 0.4) is 0 Å². The molecular formula is C16H22O5. The van der Waals surface area contributed by atoms with Gasteiger partial charge in [0.15, 0.2) is 11.5 Å². The first-order chi connectivity index (χ1) is 10.1. The molecule has 21 heavy (non-hydrogen) atoms. The van der Waals surface area contributed by atoms with Crippen LogP contribution in [0.4, 0.5) is 0 Å². The van der Waals surface area contributed by atoms with E-state index in [1.54, 1.807) is 26.4 Å². The van der Waals surface area contributed by atoms with E-state index in [0.29, 0.717) is 42.3 Å². The molecule has 0 amide bonds. The summed E-state index contributed by atoms with van der Waals surface area (Å²) in [4.78, 5) is 11.9. The van der Waals surface area contributed by atoms with Gasteiger partial charge in [-0.15, -0.1) is 0 Å². The number of aliphatic carboxylic acids is 1. The fourth-order valence-corrected chi connectivity index (χ4v) is 3.09. The molecule has 0 aromatic heterocycles. The van der Waals surface area contributed by atoms with Crippen molar-refractivity contribution in [2.24, 2.45) is 0 Å². The van der Waals surface area contributed by atoms with E-state index in [1.165, 1.54) is 0 Å². The number of benzene rings is 1. The minimum Gasteiger partial charge on any atom is -0.496 e. The highest BCUT2D eigenvalue weighted by Crippen LogP contribution is 2.48. The maximum atomic E-state index is 11.9. The Balaban J connectivity index is 2.60. The van der Waals surface area contributed by atoms with E-state index in [9.17, 15) is 9.90 Å². The number of hydrogen-bond acceptors (Lipinski definition) is 4. The number of carboxylic acids is 1. The van der Waals surface area contributed by atoms with Gasteiger partial charge in [0.2, 0.25) is 0 Å². The van der Waals surface area contributed by atoms with Crippen LogP contribution in [0.2, 0.25) is 0 Å². The third-order valence-electron chi connectivity index (χ3n) is 4.17. The van der Waals surface area contributed by atoms with Gasteiger partial charge in [0, 0.05) is 11.6 Å². The van der Waals surface area contributed by atoms with Crippen LogP contribution < -0.4 is 14.2 Å². The predicted molar refractivity (Wildman–Crippen MR) is 78.5 cm³/mol. The number of hydrogen-bond donors (Lipinski definition) is 1. The summed E-state index contributed by atoms with van der Waals surface area (Å²) >= 11 is 0. The SMILES string of the molecule is CCOc1cc(C2(C(=O)O)CCCC2)c(OC)cc1OC. The van der Waals surface area contributed by atoms with E-state index >= 15 is 0 Å². The summed E-state index contributed by atoms with van der Waals surface area (Å²) in [5.74, 6) is 0.852. The van der Waals surface area contributed by atoms with E-state index in [0.717, 1.165) is 12.8 Å². The molecule has 0 radical (unpaired) electrons. The topological polar surface area (TPSA) is 65.0 Å². The molecule has 1 aromatic rings. The van der Waals surface area contributed by atoms with Crippen molar-refractivity contribution >= 4 is 5.97 Å². The molecule has 1 aliphatic rings. The Kier molecular flexibility index (Phi) is 4.60. The number of ether oxygens (including phenoxy) is 3. The summed E-state index contributed by atoms with van der Waals surface area (Å²) in [6.07, 6.45) is 3.06. The average Bonchev–Trinajstić information content (AvgIpc) is 2.98. The monoisotopic (exact) mass is 294 g/mol. The van der Waals surface area contributed by atoms with Crippen LogP contribution in [0.5, 0.6) is 17.2 Å². The molecule has 0 atom stereocenters. The quantitative estimate of drug-likeness (QED) is 0.873. The van der Waals surface area contributed by atoms with Gasteiger partial charge < -0.3 is 19.3 Å². The Bertz CT molecular complexity index is 518. The van der Waals surface area contributed by atoms with Gasteiger partial charge in [-0.05, 0) is 25.8 Å². The molecular weight excluding hydrogens is 272 g/mol. The van der Waals surface area contributed by atoms with Crippen LogP contribution in [0.25, 0.3) is 0 Å². The van der Waals surface area contributed by atoms with Gasteiger partial charge >= 0.3 is 5.97 Å². The summed E-state index contributed by atoms with van der Waals surface area (Å²) in [7, 11) is 3.10. The van der Waals surface area contributed by atoms with Gasteiger partial charge in [-0.25, -0.2) is 0 Å². The second-order valence-electron chi connectivity index (χ2n) is 5.23. The smallest absolute Gasteiger partial charge is 0.314 e. The molecule has 5 heteroatoms. The van der Waals surface area contributed by atoms with Gasteiger partial charge in [0.05, 0.1) is 26.2 Å². The molecule has 1 N–H and O–H groups in total. The Labute approximate surface area is 124 Å². The number of carbonyl (C=O) groups is 1. The zero-order chi connectivity index (χ0) is 15.5. The number of rotatable bonds is 6. The average molecular weight is 294 g/mol. The van der Waals surface area contributed by atoms with Crippen LogP contribution in [-0.4, -0.2) is 31.9 Å². The molecule has 2 rings (SSSR count). The Morgan fingerprint density at radius 2 is 1.76 bits per heavy atom. The third-order valence-corrected chi connectivity index (χ3v) is 4.17. The van der Waals surface area contributed by atoms with Crippen molar-refractivity contribution in [2.45, 2.75) is 38.0 Å². The first-order valence-electron chi connectivity index (χ1n) is 7.21. The Hall–Kier alpha value is -1.91. The zero-order valence-electron chi connectivity index (χ0n) is 12.8. The fraction of sp³-hybridized carbons (Fsp3) is 0.562. The Morgan fingerprint density at radius 1 is 1.14 bits per heavy atom. The highest BCUT2D eigenvalue weighted by atomic mass is 16.5. The van der Waals surface area contributed by atoms with Gasteiger partial charge in [0.25, 0.3) is 0 Å². The van der Waals surface area contributed by atoms with Gasteiger partial charge in [-0.1, -0.05) is 12.8 Å². The van der Waals surface area contributed by atoms with Crippen molar-refractivity contribution in [1.82, 2.24) is 0 Å². The lowest BCUT2D eigenvalue weighted by Gasteiger charge is -2.27. The molecule has 0 aliphatic heterocycles. The van der Waals surface area contributed by atoms with Gasteiger partial charge in [0.1, 0.15) is 5.75 Å². The van der Waals surface area contributed by atoms with E-state index < -0.39 is 11.4 Å². The van der Waals surface area contributed by atoms with Crippen molar-refractivity contribution < 1.29 is 24.1 Å². The van der Waals surface area contributed by atoms with E-state index in [-0.39, 0.29) is 0 Å². The van der Waals surface area contributed by atoms with Gasteiger partial charge in [-0.2, -0.15) is 0 Å².